The normalized spacial score (nSPS) is 21.1. The number of hydrogen-bond donors (Lipinski definition) is 8. The minimum absolute atomic E-state index is 0.0128. The van der Waals surface area contributed by atoms with Gasteiger partial charge in [-0.25, -0.2) is 0 Å². The van der Waals surface area contributed by atoms with E-state index >= 15 is 0 Å². The summed E-state index contributed by atoms with van der Waals surface area (Å²) in [6.45, 7) is 2.92. The fourth-order valence-corrected chi connectivity index (χ4v) is 8.74. The number of nitrogens with zero attached hydrogens (tertiary/aromatic N) is 10. The van der Waals surface area contributed by atoms with Gasteiger partial charge in [0.05, 0.1) is 64.4 Å². The summed E-state index contributed by atoms with van der Waals surface area (Å²) in [5.41, 5.74) is 0. The van der Waals surface area contributed by atoms with Crippen LogP contribution in [0.15, 0.2) is 0 Å². The van der Waals surface area contributed by atoms with Crippen molar-refractivity contribution in [1.82, 2.24) is 59.6 Å². The molecular formula is C44H74N12O17. The summed E-state index contributed by atoms with van der Waals surface area (Å²) in [6.07, 6.45) is 0.608. The van der Waals surface area contributed by atoms with E-state index in [1.807, 2.05) is 0 Å². The standard InChI is InChI=1S/C44H74N12O17/c1-32(53-15-11-49(27-39(64)65)7-3-47(25-37(60)61)4-8-50(12-16-53)28-40(66)67)43(72)45-21-35(58)55-19-20-56(24-34(23-55)31-57)36(59)22-46-44(73)33(2)54-17-13-51(29-41(68)69)9-5-48(26-38(62)63)6-10-52(14-18-54)30-42(70)71/h31-34H,3-30H2,1-2H3,(H,45,72)(H,46,73)(H,60,61)(H,62,63)(H,64,65)(H,66,67)(H,68,69)(H,70,71). The van der Waals surface area contributed by atoms with Gasteiger partial charge in [0.1, 0.15) is 6.29 Å². The Kier molecular flexibility index (Phi) is 26.6. The van der Waals surface area contributed by atoms with Crippen LogP contribution in [0, 0.1) is 5.92 Å². The highest BCUT2D eigenvalue weighted by atomic mass is 16.4. The number of amides is 4. The van der Waals surface area contributed by atoms with E-state index in [0.717, 1.165) is 0 Å². The number of aldehydes is 1. The molecule has 29 heteroatoms. The molecule has 0 aromatic heterocycles. The molecule has 3 aliphatic rings. The van der Waals surface area contributed by atoms with Crippen LogP contribution in [-0.4, -0.2) is 341 Å². The van der Waals surface area contributed by atoms with Crippen LogP contribution in [0.3, 0.4) is 0 Å². The van der Waals surface area contributed by atoms with Crippen LogP contribution in [0.1, 0.15) is 13.8 Å². The van der Waals surface area contributed by atoms with Gasteiger partial charge >= 0.3 is 35.8 Å². The molecule has 0 aromatic carbocycles. The molecule has 0 bridgehead atoms. The first-order valence-corrected chi connectivity index (χ1v) is 24.2. The summed E-state index contributed by atoms with van der Waals surface area (Å²) < 4.78 is 0. The zero-order valence-electron chi connectivity index (χ0n) is 41.8. The molecule has 412 valence electrons. The van der Waals surface area contributed by atoms with Gasteiger partial charge in [-0.15, -0.1) is 0 Å². The van der Waals surface area contributed by atoms with Crippen molar-refractivity contribution in [2.75, 3.05) is 183 Å². The van der Waals surface area contributed by atoms with Crippen molar-refractivity contribution in [3.63, 3.8) is 0 Å². The lowest BCUT2D eigenvalue weighted by Crippen LogP contribution is -2.53. The van der Waals surface area contributed by atoms with Crippen LogP contribution in [0.2, 0.25) is 0 Å². The first kappa shape index (κ1) is 61.4. The third kappa shape index (κ3) is 23.6. The number of carboxylic acid groups (broad SMARTS) is 6. The fourth-order valence-electron chi connectivity index (χ4n) is 8.74. The SMILES string of the molecule is CC(C(=O)NCC(=O)N1CCN(C(=O)CNC(=O)C(C)N2CCN(CC(=O)O)CCN(CC(=O)O)CCN(CC(=O)O)CC2)CC(C=O)C1)N1CCN(CC(=O)O)CCN(CC(=O)O)CCN(CC(=O)O)CC1. The van der Waals surface area contributed by atoms with Gasteiger partial charge in [0.25, 0.3) is 0 Å². The number of nitrogens with one attached hydrogen (secondary N) is 2. The van der Waals surface area contributed by atoms with Crippen molar-refractivity contribution in [3.05, 3.63) is 0 Å². The summed E-state index contributed by atoms with van der Waals surface area (Å²) in [5, 5.41) is 62.3. The molecule has 0 radical (unpaired) electrons. The van der Waals surface area contributed by atoms with Crippen LogP contribution in [-0.2, 0) is 52.7 Å². The Morgan fingerprint density at radius 2 is 0.616 bits per heavy atom. The van der Waals surface area contributed by atoms with Gasteiger partial charge in [0.2, 0.25) is 23.6 Å². The van der Waals surface area contributed by atoms with Crippen molar-refractivity contribution in [2.45, 2.75) is 25.9 Å². The van der Waals surface area contributed by atoms with E-state index in [-0.39, 0.29) is 170 Å². The predicted molar refractivity (Wildman–Crippen MR) is 255 cm³/mol. The number of carboxylic acids is 6. The number of hydrogen-bond acceptors (Lipinski definition) is 19. The molecule has 3 rings (SSSR count). The van der Waals surface area contributed by atoms with E-state index in [1.165, 1.54) is 9.80 Å². The van der Waals surface area contributed by atoms with Crippen molar-refractivity contribution >= 4 is 65.7 Å². The Morgan fingerprint density at radius 1 is 0.397 bits per heavy atom. The summed E-state index contributed by atoms with van der Waals surface area (Å²) in [6, 6.07) is -1.75. The third-order valence-corrected chi connectivity index (χ3v) is 13.0. The second-order valence-corrected chi connectivity index (χ2v) is 18.5. The van der Waals surface area contributed by atoms with E-state index in [4.69, 9.17) is 0 Å². The Balaban J connectivity index is 1.63. The topological polar surface area (TPSA) is 366 Å². The highest BCUT2D eigenvalue weighted by Gasteiger charge is 2.31. The molecule has 8 N–H and O–H groups in total. The summed E-state index contributed by atoms with van der Waals surface area (Å²) in [7, 11) is 0. The molecule has 0 saturated carbocycles. The van der Waals surface area contributed by atoms with E-state index in [0.29, 0.717) is 6.29 Å². The number of rotatable bonds is 21. The van der Waals surface area contributed by atoms with Crippen LogP contribution in [0.25, 0.3) is 0 Å². The monoisotopic (exact) mass is 1040 g/mol. The molecule has 0 aliphatic carbocycles. The Bertz CT molecular complexity index is 1720. The summed E-state index contributed by atoms with van der Waals surface area (Å²) in [4.78, 5) is 152. The van der Waals surface area contributed by atoms with Crippen molar-refractivity contribution in [1.29, 1.82) is 0 Å². The lowest BCUT2D eigenvalue weighted by Gasteiger charge is -2.35. The molecular weight excluding hydrogens is 969 g/mol. The minimum Gasteiger partial charge on any atom is -0.480 e. The first-order chi connectivity index (χ1) is 34.5. The second kappa shape index (κ2) is 31.6. The lowest BCUT2D eigenvalue weighted by atomic mass is 10.1. The second-order valence-electron chi connectivity index (χ2n) is 18.5. The zero-order chi connectivity index (χ0) is 54.2. The Hall–Kier alpha value is -5.95. The van der Waals surface area contributed by atoms with E-state index in [2.05, 4.69) is 10.6 Å². The van der Waals surface area contributed by atoms with Gasteiger partial charge < -0.3 is 55.9 Å². The van der Waals surface area contributed by atoms with Gasteiger partial charge in [-0.3, -0.25) is 87.1 Å². The van der Waals surface area contributed by atoms with Gasteiger partial charge in [-0.05, 0) is 13.8 Å². The van der Waals surface area contributed by atoms with Crippen molar-refractivity contribution < 1.29 is 83.4 Å². The number of carbonyl (C=O) groups excluding carboxylic acids is 5. The highest BCUT2D eigenvalue weighted by molar-refractivity contribution is 5.88. The summed E-state index contributed by atoms with van der Waals surface area (Å²) in [5.74, 6) is -9.62. The largest absolute Gasteiger partial charge is 0.480 e. The minimum atomic E-state index is -1.10. The smallest absolute Gasteiger partial charge is 0.317 e. The van der Waals surface area contributed by atoms with E-state index in [1.54, 1.807) is 53.0 Å². The summed E-state index contributed by atoms with van der Waals surface area (Å²) >= 11 is 0. The third-order valence-electron chi connectivity index (χ3n) is 13.0. The molecule has 3 heterocycles. The average Bonchev–Trinajstić information content (AvgIpc) is 3.54. The van der Waals surface area contributed by atoms with Crippen molar-refractivity contribution in [3.8, 4) is 0 Å². The number of carbonyl (C=O) groups is 11. The van der Waals surface area contributed by atoms with E-state index < -0.39 is 90.5 Å². The van der Waals surface area contributed by atoms with E-state index in [9.17, 15) is 83.4 Å². The van der Waals surface area contributed by atoms with Crippen molar-refractivity contribution in [2.24, 2.45) is 5.92 Å². The molecule has 3 fully saturated rings. The highest BCUT2D eigenvalue weighted by Crippen LogP contribution is 2.11. The molecule has 0 spiro atoms. The van der Waals surface area contributed by atoms with Crippen LogP contribution >= 0.6 is 0 Å². The quantitative estimate of drug-likeness (QED) is 0.0496. The van der Waals surface area contributed by atoms with Crippen LogP contribution < -0.4 is 10.6 Å². The van der Waals surface area contributed by atoms with Gasteiger partial charge in [-0.2, -0.15) is 0 Å². The van der Waals surface area contributed by atoms with Crippen LogP contribution in [0.4, 0.5) is 0 Å². The maximum Gasteiger partial charge on any atom is 0.317 e. The Labute approximate surface area is 423 Å². The maximum atomic E-state index is 13.6. The molecule has 3 saturated heterocycles. The molecule has 0 aromatic rings. The maximum absolute atomic E-state index is 13.6. The van der Waals surface area contributed by atoms with Crippen LogP contribution in [0.5, 0.6) is 0 Å². The number of aliphatic carboxylic acids is 6. The first-order valence-electron chi connectivity index (χ1n) is 24.2. The average molecular weight is 1040 g/mol. The molecule has 3 aliphatic heterocycles. The lowest BCUT2D eigenvalue weighted by molar-refractivity contribution is -0.141. The van der Waals surface area contributed by atoms with Gasteiger partial charge in [-0.1, -0.05) is 0 Å². The zero-order valence-corrected chi connectivity index (χ0v) is 41.8. The predicted octanol–water partition coefficient (Wildman–Crippen LogP) is -6.57. The molecule has 4 amide bonds. The van der Waals surface area contributed by atoms with Gasteiger partial charge in [0.15, 0.2) is 0 Å². The molecule has 2 unspecified atom stereocenters. The molecule has 73 heavy (non-hydrogen) atoms. The fraction of sp³-hybridized carbons (Fsp3) is 0.750. The van der Waals surface area contributed by atoms with Gasteiger partial charge in [0, 0.05) is 137 Å². The Morgan fingerprint density at radius 3 is 0.822 bits per heavy atom. The molecule has 2 atom stereocenters. The molecule has 29 nitrogen and oxygen atoms in total.